The third-order valence-electron chi connectivity index (χ3n) is 7.76. The number of nitro benzene ring substituents is 1. The Balaban J connectivity index is 1.39. The average Bonchev–Trinajstić information content (AvgIpc) is 3.38. The molecule has 1 aliphatic carbocycles. The monoisotopic (exact) mass is 522 g/mol. The van der Waals surface area contributed by atoms with Gasteiger partial charge in [0.15, 0.2) is 0 Å². The van der Waals surface area contributed by atoms with Crippen molar-refractivity contribution in [2.45, 2.75) is 25.3 Å². The van der Waals surface area contributed by atoms with Gasteiger partial charge in [-0.05, 0) is 54.2 Å². The first-order valence-corrected chi connectivity index (χ1v) is 13.4. The smallest absolute Gasteiger partial charge is 0.293 e. The zero-order valence-electron chi connectivity index (χ0n) is 21.6. The highest BCUT2D eigenvalue weighted by molar-refractivity contribution is 6.09. The van der Waals surface area contributed by atoms with Crippen molar-refractivity contribution in [3.63, 3.8) is 0 Å². The predicted molar refractivity (Wildman–Crippen MR) is 151 cm³/mol. The number of allylic oxidation sites excluding steroid dienone is 1. The minimum atomic E-state index is -0.410. The molecule has 6 rings (SSSR count). The summed E-state index contributed by atoms with van der Waals surface area (Å²) >= 11 is 0. The van der Waals surface area contributed by atoms with E-state index in [0.29, 0.717) is 32.0 Å². The van der Waals surface area contributed by atoms with Gasteiger partial charge in [-0.25, -0.2) is 5.01 Å². The van der Waals surface area contributed by atoms with E-state index in [1.54, 1.807) is 17.1 Å². The molecule has 0 bridgehead atoms. The number of morpholine rings is 1. The van der Waals surface area contributed by atoms with E-state index in [9.17, 15) is 14.9 Å². The van der Waals surface area contributed by atoms with Crippen molar-refractivity contribution in [2.24, 2.45) is 11.0 Å². The van der Waals surface area contributed by atoms with Gasteiger partial charge in [-0.1, -0.05) is 60.7 Å². The highest BCUT2D eigenvalue weighted by atomic mass is 16.6. The van der Waals surface area contributed by atoms with Crippen LogP contribution in [0.15, 0.2) is 89.5 Å². The Morgan fingerprint density at radius 2 is 1.72 bits per heavy atom. The van der Waals surface area contributed by atoms with Crippen LogP contribution in [0.4, 0.5) is 11.4 Å². The van der Waals surface area contributed by atoms with E-state index in [1.165, 1.54) is 6.07 Å². The summed E-state index contributed by atoms with van der Waals surface area (Å²) in [4.78, 5) is 27.6. The number of hydrazone groups is 1. The van der Waals surface area contributed by atoms with Crippen molar-refractivity contribution >= 4 is 29.1 Å². The van der Waals surface area contributed by atoms with Crippen LogP contribution in [0, 0.1) is 16.0 Å². The molecule has 1 amide bonds. The topological polar surface area (TPSA) is 88.3 Å². The lowest BCUT2D eigenvalue weighted by atomic mass is 9.77. The van der Waals surface area contributed by atoms with Gasteiger partial charge in [-0.3, -0.25) is 14.9 Å². The molecule has 8 nitrogen and oxygen atoms in total. The second-order valence-corrected chi connectivity index (χ2v) is 10.1. The van der Waals surface area contributed by atoms with Gasteiger partial charge >= 0.3 is 0 Å². The summed E-state index contributed by atoms with van der Waals surface area (Å²) in [6.07, 6.45) is 4.99. The van der Waals surface area contributed by atoms with Crippen LogP contribution >= 0.6 is 0 Å². The molecule has 39 heavy (non-hydrogen) atoms. The molecule has 3 aromatic carbocycles. The van der Waals surface area contributed by atoms with E-state index in [2.05, 4.69) is 18.2 Å². The van der Waals surface area contributed by atoms with Crippen LogP contribution in [-0.2, 0) is 4.74 Å². The van der Waals surface area contributed by atoms with Gasteiger partial charge in [0, 0.05) is 30.6 Å². The Kier molecular flexibility index (Phi) is 6.94. The summed E-state index contributed by atoms with van der Waals surface area (Å²) in [5, 5.41) is 18.6. The van der Waals surface area contributed by atoms with Gasteiger partial charge < -0.3 is 9.64 Å². The molecule has 2 aliphatic heterocycles. The lowest BCUT2D eigenvalue weighted by Crippen LogP contribution is -2.36. The molecule has 2 heterocycles. The number of rotatable bonds is 5. The zero-order chi connectivity index (χ0) is 26.8. The largest absolute Gasteiger partial charge is 0.378 e. The Morgan fingerprint density at radius 3 is 2.44 bits per heavy atom. The molecule has 0 unspecified atom stereocenters. The second kappa shape index (κ2) is 10.8. The number of hydrogen-bond donors (Lipinski definition) is 0. The molecule has 2 atom stereocenters. The lowest BCUT2D eigenvalue weighted by molar-refractivity contribution is -0.384. The maximum absolute atomic E-state index is 14.0. The second-order valence-electron chi connectivity index (χ2n) is 10.1. The summed E-state index contributed by atoms with van der Waals surface area (Å²) < 4.78 is 5.41. The van der Waals surface area contributed by atoms with Crippen LogP contribution in [0.2, 0.25) is 0 Å². The van der Waals surface area contributed by atoms with Gasteiger partial charge in [0.2, 0.25) is 0 Å². The minimum absolute atomic E-state index is 0.0580. The third kappa shape index (κ3) is 4.95. The molecular formula is C31H30N4O4. The molecule has 2 fully saturated rings. The number of carbonyl (C=O) groups excluding carboxylic acids is 1. The van der Waals surface area contributed by atoms with E-state index in [0.717, 1.165) is 41.7 Å². The summed E-state index contributed by atoms with van der Waals surface area (Å²) in [7, 11) is 0. The average molecular weight is 523 g/mol. The SMILES string of the molecule is O=C(c1ccc(N2CCOCC2)c([N+](=O)[O-])c1)N1N=C2/C(=C\c3ccccc3)CCC[C@@H]2[C@H]1c1ccccc1. The van der Waals surface area contributed by atoms with Crippen molar-refractivity contribution < 1.29 is 14.5 Å². The van der Waals surface area contributed by atoms with E-state index < -0.39 is 4.92 Å². The Morgan fingerprint density at radius 1 is 1.00 bits per heavy atom. The highest BCUT2D eigenvalue weighted by Crippen LogP contribution is 2.45. The first-order valence-electron chi connectivity index (χ1n) is 13.4. The van der Waals surface area contributed by atoms with Gasteiger partial charge in [-0.2, -0.15) is 5.10 Å². The van der Waals surface area contributed by atoms with Gasteiger partial charge in [-0.15, -0.1) is 0 Å². The Hall–Kier alpha value is -4.30. The van der Waals surface area contributed by atoms with Crippen molar-refractivity contribution in [1.29, 1.82) is 0 Å². The molecule has 0 spiro atoms. The summed E-state index contributed by atoms with van der Waals surface area (Å²) in [5.74, 6) is -0.274. The fraction of sp³-hybridized carbons (Fsp3) is 0.290. The first kappa shape index (κ1) is 25.0. The maximum atomic E-state index is 14.0. The fourth-order valence-electron chi connectivity index (χ4n) is 5.91. The molecule has 0 aromatic heterocycles. The standard InChI is InChI=1S/C31H30N4O4/c36-31(25-14-15-27(28(21-25)35(37)38)33-16-18-39-19-17-33)34-30(23-10-5-2-6-11-23)26-13-7-12-24(29(26)32-34)20-22-8-3-1-4-9-22/h1-6,8-11,14-15,20-21,26,30H,7,12-13,16-19H2/b24-20-/t26-,30+/m0/s1. The van der Waals surface area contributed by atoms with Crippen LogP contribution in [0.1, 0.15) is 46.8 Å². The minimum Gasteiger partial charge on any atom is -0.378 e. The number of amides is 1. The van der Waals surface area contributed by atoms with E-state index in [-0.39, 0.29) is 29.1 Å². The fourth-order valence-corrected chi connectivity index (χ4v) is 5.91. The van der Waals surface area contributed by atoms with Gasteiger partial charge in [0.25, 0.3) is 11.6 Å². The number of hydrogen-bond acceptors (Lipinski definition) is 6. The van der Waals surface area contributed by atoms with Crippen LogP contribution < -0.4 is 4.90 Å². The zero-order valence-corrected chi connectivity index (χ0v) is 21.6. The molecule has 1 saturated carbocycles. The highest BCUT2D eigenvalue weighted by Gasteiger charge is 2.44. The van der Waals surface area contributed by atoms with Crippen LogP contribution in [0.25, 0.3) is 6.08 Å². The number of anilines is 1. The number of benzene rings is 3. The van der Waals surface area contributed by atoms with Gasteiger partial charge in [0.05, 0.1) is 29.9 Å². The molecule has 3 aliphatic rings. The van der Waals surface area contributed by atoms with Crippen LogP contribution in [0.5, 0.6) is 0 Å². The molecule has 3 aromatic rings. The Labute approximate surface area is 227 Å². The predicted octanol–water partition coefficient (Wildman–Crippen LogP) is 5.87. The van der Waals surface area contributed by atoms with Gasteiger partial charge in [0.1, 0.15) is 5.69 Å². The number of fused-ring (bicyclic) bond motifs is 1. The van der Waals surface area contributed by atoms with E-state index in [4.69, 9.17) is 9.84 Å². The summed E-state index contributed by atoms with van der Waals surface area (Å²) in [5.41, 5.74) is 4.88. The number of nitro groups is 1. The molecule has 1 saturated heterocycles. The van der Waals surface area contributed by atoms with E-state index in [1.807, 2.05) is 53.4 Å². The summed E-state index contributed by atoms with van der Waals surface area (Å²) in [6, 6.07) is 24.6. The van der Waals surface area contributed by atoms with Crippen LogP contribution in [0.3, 0.4) is 0 Å². The van der Waals surface area contributed by atoms with Crippen LogP contribution in [-0.4, -0.2) is 47.9 Å². The van der Waals surface area contributed by atoms with Crippen molar-refractivity contribution in [1.82, 2.24) is 5.01 Å². The van der Waals surface area contributed by atoms with Crippen molar-refractivity contribution in [2.75, 3.05) is 31.2 Å². The molecule has 0 radical (unpaired) electrons. The lowest BCUT2D eigenvalue weighted by Gasteiger charge is -2.30. The quantitative estimate of drug-likeness (QED) is 0.309. The normalized spacial score (nSPS) is 21.9. The van der Waals surface area contributed by atoms with Crippen molar-refractivity contribution in [3.8, 4) is 0 Å². The molecule has 0 N–H and O–H groups in total. The maximum Gasteiger partial charge on any atom is 0.293 e. The number of ether oxygens (including phenoxy) is 1. The van der Waals surface area contributed by atoms with Crippen molar-refractivity contribution in [3.05, 3.63) is 111 Å². The molecular weight excluding hydrogens is 492 g/mol. The third-order valence-corrected chi connectivity index (χ3v) is 7.76. The van der Waals surface area contributed by atoms with E-state index >= 15 is 0 Å². The molecule has 8 heteroatoms. The summed E-state index contributed by atoms with van der Waals surface area (Å²) in [6.45, 7) is 2.18. The Bertz CT molecular complexity index is 1430. The number of carbonyl (C=O) groups is 1. The number of nitrogens with zero attached hydrogens (tertiary/aromatic N) is 4. The molecule has 198 valence electrons. The first-order chi connectivity index (χ1) is 19.1.